The van der Waals surface area contributed by atoms with Gasteiger partial charge in [0.2, 0.25) is 0 Å². The van der Waals surface area contributed by atoms with Crippen LogP contribution in [0, 0.1) is 0 Å². The average molecular weight is 994 g/mol. The van der Waals surface area contributed by atoms with Crippen molar-refractivity contribution >= 4 is 17.9 Å². The van der Waals surface area contributed by atoms with Gasteiger partial charge in [0.05, 0.1) is 0 Å². The van der Waals surface area contributed by atoms with Crippen LogP contribution in [-0.2, 0) is 28.6 Å². The maximum atomic E-state index is 12.8. The molecule has 0 bridgehead atoms. The van der Waals surface area contributed by atoms with Crippen LogP contribution in [0.3, 0.4) is 0 Å². The van der Waals surface area contributed by atoms with Crippen molar-refractivity contribution in [1.29, 1.82) is 0 Å². The molecular formula is C65H116O6. The molecule has 0 aromatic heterocycles. The van der Waals surface area contributed by atoms with E-state index in [0.29, 0.717) is 19.3 Å². The molecule has 0 heterocycles. The molecular weight excluding hydrogens is 877 g/mol. The Morgan fingerprint density at radius 3 is 0.831 bits per heavy atom. The second kappa shape index (κ2) is 59.7. The van der Waals surface area contributed by atoms with E-state index in [1.54, 1.807) is 0 Å². The van der Waals surface area contributed by atoms with E-state index in [1.807, 2.05) is 0 Å². The zero-order valence-corrected chi connectivity index (χ0v) is 47.2. The molecule has 0 fully saturated rings. The van der Waals surface area contributed by atoms with Crippen LogP contribution in [0.15, 0.2) is 60.8 Å². The molecule has 0 rings (SSSR count). The minimum atomic E-state index is -0.776. The van der Waals surface area contributed by atoms with Crippen molar-refractivity contribution < 1.29 is 28.6 Å². The average Bonchev–Trinajstić information content (AvgIpc) is 3.37. The summed E-state index contributed by atoms with van der Waals surface area (Å²) < 4.78 is 16.7. The molecule has 0 saturated heterocycles. The third-order valence-corrected chi connectivity index (χ3v) is 13.5. The Labute approximate surface area is 440 Å². The maximum absolute atomic E-state index is 12.8. The minimum absolute atomic E-state index is 0.0769. The van der Waals surface area contributed by atoms with Gasteiger partial charge in [0.15, 0.2) is 6.10 Å². The topological polar surface area (TPSA) is 78.9 Å². The lowest BCUT2D eigenvalue weighted by atomic mass is 10.0. The minimum Gasteiger partial charge on any atom is -0.462 e. The van der Waals surface area contributed by atoms with Crippen LogP contribution in [-0.4, -0.2) is 37.2 Å². The molecule has 6 nitrogen and oxygen atoms in total. The number of hydrogen-bond acceptors (Lipinski definition) is 6. The summed E-state index contributed by atoms with van der Waals surface area (Å²) in [7, 11) is 0. The van der Waals surface area contributed by atoms with Gasteiger partial charge < -0.3 is 14.2 Å². The third-order valence-electron chi connectivity index (χ3n) is 13.5. The van der Waals surface area contributed by atoms with E-state index in [0.717, 1.165) is 96.3 Å². The van der Waals surface area contributed by atoms with E-state index >= 15 is 0 Å². The van der Waals surface area contributed by atoms with Crippen LogP contribution in [0.4, 0.5) is 0 Å². The van der Waals surface area contributed by atoms with E-state index in [4.69, 9.17) is 14.2 Å². The zero-order valence-electron chi connectivity index (χ0n) is 47.2. The first-order valence-corrected chi connectivity index (χ1v) is 30.8. The van der Waals surface area contributed by atoms with E-state index < -0.39 is 6.10 Å². The van der Waals surface area contributed by atoms with Crippen LogP contribution >= 0.6 is 0 Å². The summed E-state index contributed by atoms with van der Waals surface area (Å²) in [4.78, 5) is 37.8. The molecule has 0 aromatic carbocycles. The van der Waals surface area contributed by atoms with E-state index in [2.05, 4.69) is 81.5 Å². The first-order chi connectivity index (χ1) is 35.0. The van der Waals surface area contributed by atoms with Crippen LogP contribution in [0.25, 0.3) is 0 Å². The van der Waals surface area contributed by atoms with Crippen molar-refractivity contribution in [2.75, 3.05) is 13.2 Å². The number of hydrogen-bond donors (Lipinski definition) is 0. The third kappa shape index (κ3) is 57.9. The second-order valence-corrected chi connectivity index (χ2v) is 20.6. The van der Waals surface area contributed by atoms with Gasteiger partial charge in [0, 0.05) is 19.3 Å². The first kappa shape index (κ1) is 68.1. The second-order valence-electron chi connectivity index (χ2n) is 20.6. The Kier molecular flexibility index (Phi) is 57.2. The largest absolute Gasteiger partial charge is 0.462 e. The molecule has 71 heavy (non-hydrogen) atoms. The summed E-state index contributed by atoms with van der Waals surface area (Å²) in [5.41, 5.74) is 0. The van der Waals surface area contributed by atoms with Crippen LogP contribution in [0.1, 0.15) is 316 Å². The molecule has 1 atom stereocenters. The summed E-state index contributed by atoms with van der Waals surface area (Å²) in [6.45, 7) is 6.54. The Balaban J connectivity index is 3.95. The highest BCUT2D eigenvalue weighted by molar-refractivity contribution is 5.71. The smallest absolute Gasteiger partial charge is 0.306 e. The number of carbonyl (C=O) groups excluding carboxylic acids is 3. The molecule has 0 amide bonds. The molecule has 1 unspecified atom stereocenters. The van der Waals surface area contributed by atoms with Crippen molar-refractivity contribution in [2.45, 2.75) is 322 Å². The predicted molar refractivity (Wildman–Crippen MR) is 307 cm³/mol. The van der Waals surface area contributed by atoms with Gasteiger partial charge in [-0.05, 0) is 83.5 Å². The standard InChI is InChI=1S/C65H116O6/c1-4-7-10-13-16-18-20-22-24-25-26-27-28-29-30-31-32-33-34-35-36-37-38-39-40-41-42-44-45-47-49-52-55-58-64(67)70-61-62(60-69-63(66)57-54-51-15-12-9-6-3)71-65(68)59-56-53-50-48-46-43-23-21-19-17-14-11-8-5-2/h14,17,20-23,25-26,28-29,62H,4-13,15-16,18-19,24,27,30-61H2,1-3H3/b17-14-,22-20-,23-21-,26-25-,29-28-. The lowest BCUT2D eigenvalue weighted by Crippen LogP contribution is -2.30. The van der Waals surface area contributed by atoms with Gasteiger partial charge in [-0.1, -0.05) is 274 Å². The van der Waals surface area contributed by atoms with Gasteiger partial charge in [-0.25, -0.2) is 0 Å². The van der Waals surface area contributed by atoms with Crippen LogP contribution in [0.5, 0.6) is 0 Å². The van der Waals surface area contributed by atoms with Crippen LogP contribution in [0.2, 0.25) is 0 Å². The highest BCUT2D eigenvalue weighted by atomic mass is 16.6. The van der Waals surface area contributed by atoms with Gasteiger partial charge in [0.25, 0.3) is 0 Å². The van der Waals surface area contributed by atoms with E-state index in [1.165, 1.54) is 180 Å². The van der Waals surface area contributed by atoms with Crippen molar-refractivity contribution in [3.05, 3.63) is 60.8 Å². The molecule has 0 spiro atoms. The first-order valence-electron chi connectivity index (χ1n) is 30.8. The fourth-order valence-corrected chi connectivity index (χ4v) is 8.82. The molecule has 0 aromatic rings. The predicted octanol–water partition coefficient (Wildman–Crippen LogP) is 20.8. The fourth-order valence-electron chi connectivity index (χ4n) is 8.82. The SMILES string of the molecule is CCCC/C=C\C/C=C\CCCCCCCC(=O)OC(COC(=O)CCCCCCCC)COC(=O)CCCCCCCCCCCCCCCCCCCC/C=C\C/C=C\C/C=C\CCCCCCC. The molecule has 6 heteroatoms. The van der Waals surface area contributed by atoms with Gasteiger partial charge >= 0.3 is 17.9 Å². The lowest BCUT2D eigenvalue weighted by Gasteiger charge is -2.18. The Morgan fingerprint density at radius 2 is 0.521 bits per heavy atom. The van der Waals surface area contributed by atoms with Gasteiger partial charge in [-0.3, -0.25) is 14.4 Å². The number of esters is 3. The molecule has 0 radical (unpaired) electrons. The summed E-state index contributed by atoms with van der Waals surface area (Å²) in [5, 5.41) is 0. The quantitative estimate of drug-likeness (QED) is 0.0261. The number of allylic oxidation sites excluding steroid dienone is 10. The number of rotatable bonds is 56. The summed E-state index contributed by atoms with van der Waals surface area (Å²) in [6.07, 6.45) is 75.6. The lowest BCUT2D eigenvalue weighted by molar-refractivity contribution is -0.167. The van der Waals surface area contributed by atoms with Gasteiger partial charge in [-0.2, -0.15) is 0 Å². The molecule has 0 aliphatic carbocycles. The Hall–Kier alpha value is -2.89. The Bertz CT molecular complexity index is 1280. The number of ether oxygens (including phenoxy) is 3. The summed E-state index contributed by atoms with van der Waals surface area (Å²) in [6, 6.07) is 0. The molecule has 412 valence electrons. The van der Waals surface area contributed by atoms with Gasteiger partial charge in [-0.15, -0.1) is 0 Å². The zero-order chi connectivity index (χ0) is 51.4. The highest BCUT2D eigenvalue weighted by Crippen LogP contribution is 2.17. The summed E-state index contributed by atoms with van der Waals surface area (Å²) in [5.74, 6) is -0.890. The molecule has 0 aliphatic rings. The summed E-state index contributed by atoms with van der Waals surface area (Å²) >= 11 is 0. The number of carbonyl (C=O) groups is 3. The Morgan fingerprint density at radius 1 is 0.282 bits per heavy atom. The number of unbranched alkanes of at least 4 members (excludes halogenated alkanes) is 35. The normalized spacial score (nSPS) is 12.4. The van der Waals surface area contributed by atoms with Crippen molar-refractivity contribution in [1.82, 2.24) is 0 Å². The van der Waals surface area contributed by atoms with Gasteiger partial charge in [0.1, 0.15) is 13.2 Å². The van der Waals surface area contributed by atoms with Crippen molar-refractivity contribution in [3.63, 3.8) is 0 Å². The van der Waals surface area contributed by atoms with Crippen molar-refractivity contribution in [3.8, 4) is 0 Å². The van der Waals surface area contributed by atoms with Crippen LogP contribution < -0.4 is 0 Å². The molecule has 0 aliphatic heterocycles. The molecule has 0 N–H and O–H groups in total. The van der Waals surface area contributed by atoms with Crippen molar-refractivity contribution in [2.24, 2.45) is 0 Å². The monoisotopic (exact) mass is 993 g/mol. The van der Waals surface area contributed by atoms with E-state index in [9.17, 15) is 14.4 Å². The highest BCUT2D eigenvalue weighted by Gasteiger charge is 2.19. The van der Waals surface area contributed by atoms with E-state index in [-0.39, 0.29) is 31.1 Å². The fraction of sp³-hybridized carbons (Fsp3) is 0.800. The maximum Gasteiger partial charge on any atom is 0.306 e. The molecule has 0 saturated carbocycles.